The van der Waals surface area contributed by atoms with Gasteiger partial charge in [-0.1, -0.05) is 0 Å². The maximum atomic E-state index is 13.3. The highest BCUT2D eigenvalue weighted by Crippen LogP contribution is 2.25. The Labute approximate surface area is 152 Å². The number of hydrogen-bond donors (Lipinski definition) is 2. The molecule has 1 aromatic heterocycles. The van der Waals surface area contributed by atoms with E-state index >= 15 is 0 Å². The van der Waals surface area contributed by atoms with Gasteiger partial charge in [-0.2, -0.15) is 5.10 Å². The first-order chi connectivity index (χ1) is 13.1. The Morgan fingerprint density at radius 1 is 1.00 bits per heavy atom. The number of rotatable bonds is 4. The first-order valence-corrected chi connectivity index (χ1v) is 7.50. The van der Waals surface area contributed by atoms with E-state index in [2.05, 4.69) is 20.3 Å². The van der Waals surface area contributed by atoms with E-state index in [1.165, 1.54) is 18.2 Å². The molecular weight excluding hydrogens is 392 g/mol. The second-order valence-electron chi connectivity index (χ2n) is 5.45. The van der Waals surface area contributed by atoms with E-state index in [4.69, 9.17) is 0 Å². The van der Waals surface area contributed by atoms with Gasteiger partial charge in [-0.15, -0.1) is 13.2 Å². The van der Waals surface area contributed by atoms with Gasteiger partial charge in [-0.3, -0.25) is 9.89 Å². The number of carbonyl (C=O) groups excluding carboxylic acids is 1. The third-order valence-corrected chi connectivity index (χ3v) is 3.45. The Hall–Kier alpha value is -3.50. The maximum Gasteiger partial charge on any atom is 0.573 e. The van der Waals surface area contributed by atoms with Crippen LogP contribution in [0.2, 0.25) is 0 Å². The van der Waals surface area contributed by atoms with E-state index < -0.39 is 35.5 Å². The summed E-state index contributed by atoms with van der Waals surface area (Å²) in [4.78, 5) is 12.2. The van der Waals surface area contributed by atoms with E-state index in [0.29, 0.717) is 0 Å². The van der Waals surface area contributed by atoms with Crippen LogP contribution in [-0.4, -0.2) is 22.5 Å². The lowest BCUT2D eigenvalue weighted by Gasteiger charge is -2.09. The van der Waals surface area contributed by atoms with Gasteiger partial charge in [0.2, 0.25) is 0 Å². The topological polar surface area (TPSA) is 67.0 Å². The summed E-state index contributed by atoms with van der Waals surface area (Å²) in [7, 11) is 0. The van der Waals surface area contributed by atoms with E-state index in [-0.39, 0.29) is 22.6 Å². The number of nitrogens with one attached hydrogen (secondary N) is 2. The molecule has 0 saturated carbocycles. The maximum absolute atomic E-state index is 13.3. The van der Waals surface area contributed by atoms with E-state index in [1.54, 1.807) is 0 Å². The number of alkyl halides is 3. The van der Waals surface area contributed by atoms with Gasteiger partial charge in [0.05, 0.1) is 5.69 Å². The number of anilines is 1. The Kier molecular flexibility index (Phi) is 4.99. The largest absolute Gasteiger partial charge is 0.573 e. The van der Waals surface area contributed by atoms with Crippen molar-refractivity contribution in [3.63, 3.8) is 0 Å². The minimum Gasteiger partial charge on any atom is -0.406 e. The van der Waals surface area contributed by atoms with Gasteiger partial charge in [-0.05, 0) is 42.5 Å². The molecule has 2 N–H and O–H groups in total. The number of nitrogens with zero attached hydrogens (tertiary/aromatic N) is 1. The molecule has 1 heterocycles. The predicted octanol–water partition coefficient (Wildman–Crippen LogP) is 4.64. The fourth-order valence-electron chi connectivity index (χ4n) is 2.23. The summed E-state index contributed by atoms with van der Waals surface area (Å²) in [6.07, 6.45) is -4.84. The summed E-state index contributed by atoms with van der Waals surface area (Å²) in [6.45, 7) is 0. The number of ether oxygens (including phenoxy) is 1. The molecule has 0 radical (unpaired) electrons. The first kappa shape index (κ1) is 19.3. The number of H-pyrrole nitrogens is 1. The lowest BCUT2D eigenvalue weighted by molar-refractivity contribution is -0.274. The quantitative estimate of drug-likeness (QED) is 0.494. The van der Waals surface area contributed by atoms with Crippen molar-refractivity contribution in [2.45, 2.75) is 6.36 Å². The summed E-state index contributed by atoms with van der Waals surface area (Å²) in [5.41, 5.74) is -0.0532. The zero-order valence-electron chi connectivity index (χ0n) is 13.6. The molecule has 0 aliphatic heterocycles. The van der Waals surface area contributed by atoms with Crippen molar-refractivity contribution >= 4 is 11.6 Å². The summed E-state index contributed by atoms with van der Waals surface area (Å²) in [5, 5.41) is 8.46. The SMILES string of the molecule is O=C(Nc1ccc(OC(F)(F)F)cc1)c1cc(-c2cc(F)c(F)c(F)c2)n[nH]1. The van der Waals surface area contributed by atoms with Gasteiger partial charge in [-0.25, -0.2) is 13.2 Å². The predicted molar refractivity (Wildman–Crippen MR) is 85.0 cm³/mol. The Morgan fingerprint density at radius 2 is 1.61 bits per heavy atom. The monoisotopic (exact) mass is 401 g/mol. The van der Waals surface area contributed by atoms with Crippen LogP contribution < -0.4 is 10.1 Å². The first-order valence-electron chi connectivity index (χ1n) is 7.50. The zero-order chi connectivity index (χ0) is 20.5. The highest BCUT2D eigenvalue weighted by Gasteiger charge is 2.31. The van der Waals surface area contributed by atoms with Crippen LogP contribution in [0.15, 0.2) is 42.5 Å². The van der Waals surface area contributed by atoms with Crippen LogP contribution in [0.3, 0.4) is 0 Å². The van der Waals surface area contributed by atoms with Gasteiger partial charge in [0.25, 0.3) is 5.91 Å². The molecule has 0 fully saturated rings. The molecule has 2 aromatic carbocycles. The average molecular weight is 401 g/mol. The van der Waals surface area contributed by atoms with Crippen LogP contribution in [0.1, 0.15) is 10.5 Å². The average Bonchev–Trinajstić information content (AvgIpc) is 3.10. The van der Waals surface area contributed by atoms with Crippen LogP contribution in [0.5, 0.6) is 5.75 Å². The van der Waals surface area contributed by atoms with Crippen molar-refractivity contribution in [3.8, 4) is 17.0 Å². The highest BCUT2D eigenvalue weighted by atomic mass is 19.4. The summed E-state index contributed by atoms with van der Waals surface area (Å²) in [6, 6.07) is 6.98. The molecule has 28 heavy (non-hydrogen) atoms. The summed E-state index contributed by atoms with van der Waals surface area (Å²) < 4.78 is 79.7. The minimum absolute atomic E-state index is 0.0168. The van der Waals surface area contributed by atoms with Crippen molar-refractivity contribution in [1.82, 2.24) is 10.2 Å². The van der Waals surface area contributed by atoms with Crippen molar-refractivity contribution in [2.24, 2.45) is 0 Å². The fourth-order valence-corrected chi connectivity index (χ4v) is 2.23. The fraction of sp³-hybridized carbons (Fsp3) is 0.0588. The molecular formula is C17H9F6N3O2. The van der Waals surface area contributed by atoms with Crippen LogP contribution in [0, 0.1) is 17.5 Å². The Bertz CT molecular complexity index is 991. The molecule has 0 aliphatic carbocycles. The minimum atomic E-state index is -4.84. The molecule has 146 valence electrons. The van der Waals surface area contributed by atoms with Gasteiger partial charge >= 0.3 is 6.36 Å². The van der Waals surface area contributed by atoms with E-state index in [1.807, 2.05) is 0 Å². The molecule has 5 nitrogen and oxygen atoms in total. The van der Waals surface area contributed by atoms with Crippen LogP contribution >= 0.6 is 0 Å². The third-order valence-electron chi connectivity index (χ3n) is 3.45. The number of aromatic nitrogens is 2. The summed E-state index contributed by atoms with van der Waals surface area (Å²) in [5.74, 6) is -5.63. The number of aromatic amines is 1. The highest BCUT2D eigenvalue weighted by molar-refractivity contribution is 6.03. The van der Waals surface area contributed by atoms with Crippen LogP contribution in [0.4, 0.5) is 32.0 Å². The Balaban J connectivity index is 1.72. The molecule has 11 heteroatoms. The Morgan fingerprint density at radius 3 is 2.18 bits per heavy atom. The number of amides is 1. The van der Waals surface area contributed by atoms with Gasteiger partial charge in [0.1, 0.15) is 11.4 Å². The standard InChI is InChI=1S/C17H9F6N3O2/c18-11-5-8(6-12(19)15(11)20)13-7-14(26-25-13)16(27)24-9-1-3-10(4-2-9)28-17(21,22)23/h1-7H,(H,24,27)(H,25,26). The molecule has 3 aromatic rings. The van der Waals surface area contributed by atoms with Gasteiger partial charge < -0.3 is 10.1 Å². The zero-order valence-corrected chi connectivity index (χ0v) is 13.6. The summed E-state index contributed by atoms with van der Waals surface area (Å²) >= 11 is 0. The molecule has 0 unspecified atom stereocenters. The van der Waals surface area contributed by atoms with Crippen molar-refractivity contribution in [3.05, 3.63) is 65.6 Å². The lowest BCUT2D eigenvalue weighted by atomic mass is 10.1. The van der Waals surface area contributed by atoms with E-state index in [0.717, 1.165) is 24.3 Å². The molecule has 1 amide bonds. The third kappa shape index (κ3) is 4.42. The molecule has 0 aliphatic rings. The van der Waals surface area contributed by atoms with Crippen LogP contribution in [0.25, 0.3) is 11.3 Å². The second-order valence-corrected chi connectivity index (χ2v) is 5.45. The number of hydrogen-bond acceptors (Lipinski definition) is 3. The van der Waals surface area contributed by atoms with Crippen molar-refractivity contribution < 1.29 is 35.9 Å². The molecule has 0 spiro atoms. The van der Waals surface area contributed by atoms with Gasteiger partial charge in [0, 0.05) is 11.3 Å². The normalized spacial score (nSPS) is 11.4. The second kappa shape index (κ2) is 7.25. The van der Waals surface area contributed by atoms with Crippen molar-refractivity contribution in [2.75, 3.05) is 5.32 Å². The molecule has 0 bridgehead atoms. The molecule has 3 rings (SSSR count). The van der Waals surface area contributed by atoms with Crippen molar-refractivity contribution in [1.29, 1.82) is 0 Å². The van der Waals surface area contributed by atoms with Gasteiger partial charge in [0.15, 0.2) is 17.5 Å². The molecule has 0 atom stereocenters. The smallest absolute Gasteiger partial charge is 0.406 e. The molecule has 0 saturated heterocycles. The number of benzene rings is 2. The lowest BCUT2D eigenvalue weighted by Crippen LogP contribution is -2.17. The van der Waals surface area contributed by atoms with E-state index in [9.17, 15) is 31.1 Å². The number of carbonyl (C=O) groups is 1. The number of halogens is 6. The van der Waals surface area contributed by atoms with Crippen LogP contribution in [-0.2, 0) is 0 Å².